The lowest BCUT2D eigenvalue weighted by Gasteiger charge is -2.20. The van der Waals surface area contributed by atoms with Crippen molar-refractivity contribution in [1.29, 1.82) is 0 Å². The molecule has 1 atom stereocenters. The van der Waals surface area contributed by atoms with Gasteiger partial charge in [0.15, 0.2) is 5.78 Å². The highest BCUT2D eigenvalue weighted by Gasteiger charge is 2.18. The summed E-state index contributed by atoms with van der Waals surface area (Å²) in [6, 6.07) is 23.5. The van der Waals surface area contributed by atoms with E-state index in [0.29, 0.717) is 18.6 Å². The number of rotatable bonds is 8. The molecule has 0 radical (unpaired) electrons. The molecule has 1 unspecified atom stereocenters. The minimum absolute atomic E-state index is 0.101. The standard InChI is InChI=1S/C23H21BrINO2/c1-2-28-21-13-5-16(6-14-21)22(26-20-11-9-19(25)10-12-20)15-23(27)17-3-7-18(24)8-4-17/h3-14,22,26H,2,15H2,1H3. The van der Waals surface area contributed by atoms with Crippen LogP contribution in [0.1, 0.15) is 35.3 Å². The number of benzene rings is 3. The molecule has 3 nitrogen and oxygen atoms in total. The Morgan fingerprint density at radius 2 is 1.64 bits per heavy atom. The molecule has 0 saturated carbocycles. The molecule has 3 aromatic rings. The van der Waals surface area contributed by atoms with Crippen molar-refractivity contribution in [1.82, 2.24) is 0 Å². The van der Waals surface area contributed by atoms with E-state index in [1.54, 1.807) is 0 Å². The molecule has 0 heterocycles. The molecule has 0 aliphatic carbocycles. The normalized spacial score (nSPS) is 11.7. The van der Waals surface area contributed by atoms with Crippen LogP contribution in [0.4, 0.5) is 5.69 Å². The molecule has 144 valence electrons. The van der Waals surface area contributed by atoms with Crippen LogP contribution in [0.25, 0.3) is 0 Å². The topological polar surface area (TPSA) is 38.3 Å². The number of anilines is 1. The van der Waals surface area contributed by atoms with Gasteiger partial charge < -0.3 is 10.1 Å². The number of halogens is 2. The second-order valence-electron chi connectivity index (χ2n) is 6.34. The minimum Gasteiger partial charge on any atom is -0.494 e. The number of ether oxygens (including phenoxy) is 1. The predicted molar refractivity (Wildman–Crippen MR) is 126 cm³/mol. The Balaban J connectivity index is 1.83. The largest absolute Gasteiger partial charge is 0.494 e. The first-order valence-electron chi connectivity index (χ1n) is 9.09. The minimum atomic E-state index is -0.133. The molecule has 3 rings (SSSR count). The highest BCUT2D eigenvalue weighted by Crippen LogP contribution is 2.27. The summed E-state index contributed by atoms with van der Waals surface area (Å²) in [6.45, 7) is 2.59. The lowest BCUT2D eigenvalue weighted by atomic mass is 9.97. The molecular weight excluding hydrogens is 529 g/mol. The monoisotopic (exact) mass is 549 g/mol. The van der Waals surface area contributed by atoms with Crippen molar-refractivity contribution in [3.63, 3.8) is 0 Å². The second kappa shape index (κ2) is 10.1. The van der Waals surface area contributed by atoms with Crippen LogP contribution in [-0.4, -0.2) is 12.4 Å². The Kier molecular flexibility index (Phi) is 7.50. The van der Waals surface area contributed by atoms with Gasteiger partial charge in [-0.1, -0.05) is 40.2 Å². The quantitative estimate of drug-likeness (QED) is 0.246. The zero-order valence-corrected chi connectivity index (χ0v) is 19.2. The number of Topliss-reactive ketones (excluding diaryl/α,β-unsaturated/α-hetero) is 1. The maximum atomic E-state index is 12.9. The molecule has 0 fully saturated rings. The van der Waals surface area contributed by atoms with Gasteiger partial charge in [0.05, 0.1) is 12.6 Å². The molecule has 0 saturated heterocycles. The van der Waals surface area contributed by atoms with Gasteiger partial charge in [-0.25, -0.2) is 0 Å². The van der Waals surface area contributed by atoms with Crippen LogP contribution < -0.4 is 10.1 Å². The van der Waals surface area contributed by atoms with Crippen molar-refractivity contribution in [3.05, 3.63) is 92.0 Å². The lowest BCUT2D eigenvalue weighted by molar-refractivity contribution is 0.0976. The van der Waals surface area contributed by atoms with Crippen molar-refractivity contribution >= 4 is 50.0 Å². The first kappa shape index (κ1) is 20.9. The summed E-state index contributed by atoms with van der Waals surface area (Å²) in [4.78, 5) is 12.9. The first-order valence-corrected chi connectivity index (χ1v) is 11.0. The Morgan fingerprint density at radius 3 is 2.25 bits per heavy atom. The molecule has 0 amide bonds. The maximum absolute atomic E-state index is 12.9. The third-order valence-corrected chi connectivity index (χ3v) is 5.58. The van der Waals surface area contributed by atoms with E-state index < -0.39 is 0 Å². The van der Waals surface area contributed by atoms with E-state index in [1.165, 1.54) is 3.57 Å². The average molecular weight is 550 g/mol. The van der Waals surface area contributed by atoms with E-state index in [1.807, 2.05) is 67.6 Å². The zero-order chi connectivity index (χ0) is 19.9. The van der Waals surface area contributed by atoms with E-state index in [0.717, 1.165) is 21.5 Å². The van der Waals surface area contributed by atoms with Crippen LogP contribution >= 0.6 is 38.5 Å². The van der Waals surface area contributed by atoms with Gasteiger partial charge in [-0.2, -0.15) is 0 Å². The van der Waals surface area contributed by atoms with Crippen molar-refractivity contribution in [2.75, 3.05) is 11.9 Å². The molecule has 0 bridgehead atoms. The Hall–Kier alpha value is -1.86. The van der Waals surface area contributed by atoms with Crippen molar-refractivity contribution in [3.8, 4) is 5.75 Å². The van der Waals surface area contributed by atoms with Gasteiger partial charge in [0.1, 0.15) is 5.75 Å². The van der Waals surface area contributed by atoms with Gasteiger partial charge in [0.25, 0.3) is 0 Å². The van der Waals surface area contributed by atoms with Crippen LogP contribution in [-0.2, 0) is 0 Å². The van der Waals surface area contributed by atoms with Crippen LogP contribution in [0.3, 0.4) is 0 Å². The van der Waals surface area contributed by atoms with Crippen molar-refractivity contribution in [2.45, 2.75) is 19.4 Å². The second-order valence-corrected chi connectivity index (χ2v) is 8.50. The van der Waals surface area contributed by atoms with Crippen LogP contribution in [0, 0.1) is 3.57 Å². The summed E-state index contributed by atoms with van der Waals surface area (Å²) in [5, 5.41) is 3.51. The zero-order valence-electron chi connectivity index (χ0n) is 15.5. The van der Waals surface area contributed by atoms with Gasteiger partial charge in [-0.15, -0.1) is 0 Å². The van der Waals surface area contributed by atoms with E-state index in [2.05, 4.69) is 56.0 Å². The summed E-state index contributed by atoms with van der Waals surface area (Å²) in [5.41, 5.74) is 2.75. The maximum Gasteiger partial charge on any atom is 0.165 e. The summed E-state index contributed by atoms with van der Waals surface area (Å²) in [6.07, 6.45) is 0.363. The molecule has 0 spiro atoms. The fraction of sp³-hybridized carbons (Fsp3) is 0.174. The molecule has 28 heavy (non-hydrogen) atoms. The Morgan fingerprint density at radius 1 is 1.00 bits per heavy atom. The fourth-order valence-electron chi connectivity index (χ4n) is 2.90. The number of hydrogen-bond donors (Lipinski definition) is 1. The van der Waals surface area contributed by atoms with E-state index in [9.17, 15) is 4.79 Å². The van der Waals surface area contributed by atoms with Gasteiger partial charge in [0, 0.05) is 25.7 Å². The smallest absolute Gasteiger partial charge is 0.165 e. The molecule has 0 aliphatic heterocycles. The molecule has 0 aliphatic rings. The molecule has 5 heteroatoms. The summed E-state index contributed by atoms with van der Waals surface area (Å²) < 4.78 is 7.68. The highest BCUT2D eigenvalue weighted by molar-refractivity contribution is 14.1. The Bertz CT molecular complexity index is 909. The summed E-state index contributed by atoms with van der Waals surface area (Å²) in [5.74, 6) is 0.933. The van der Waals surface area contributed by atoms with Gasteiger partial charge in [0.2, 0.25) is 0 Å². The average Bonchev–Trinajstić information content (AvgIpc) is 2.70. The lowest BCUT2D eigenvalue weighted by Crippen LogP contribution is -2.16. The van der Waals surface area contributed by atoms with E-state index in [-0.39, 0.29) is 11.8 Å². The first-order chi connectivity index (χ1) is 13.5. The van der Waals surface area contributed by atoms with Gasteiger partial charge >= 0.3 is 0 Å². The molecular formula is C23H21BrINO2. The number of carbonyl (C=O) groups is 1. The van der Waals surface area contributed by atoms with E-state index in [4.69, 9.17) is 4.74 Å². The number of carbonyl (C=O) groups excluding carboxylic acids is 1. The molecule has 0 aromatic heterocycles. The number of ketones is 1. The third kappa shape index (κ3) is 5.82. The van der Waals surface area contributed by atoms with Gasteiger partial charge in [-0.3, -0.25) is 4.79 Å². The predicted octanol–water partition coefficient (Wildman–Crippen LogP) is 6.88. The SMILES string of the molecule is CCOc1ccc(C(CC(=O)c2ccc(Br)cc2)Nc2ccc(I)cc2)cc1. The van der Waals surface area contributed by atoms with Crippen LogP contribution in [0.5, 0.6) is 5.75 Å². The highest BCUT2D eigenvalue weighted by atomic mass is 127. The Labute approximate surface area is 187 Å². The third-order valence-electron chi connectivity index (χ3n) is 4.33. The van der Waals surface area contributed by atoms with Crippen LogP contribution in [0.15, 0.2) is 77.3 Å². The summed E-state index contributed by atoms with van der Waals surface area (Å²) in [7, 11) is 0. The molecule has 1 N–H and O–H groups in total. The number of nitrogens with one attached hydrogen (secondary N) is 1. The van der Waals surface area contributed by atoms with Crippen molar-refractivity contribution < 1.29 is 9.53 Å². The van der Waals surface area contributed by atoms with Crippen LogP contribution in [0.2, 0.25) is 0 Å². The molecule has 3 aromatic carbocycles. The van der Waals surface area contributed by atoms with Crippen molar-refractivity contribution in [2.24, 2.45) is 0 Å². The van der Waals surface area contributed by atoms with E-state index >= 15 is 0 Å². The summed E-state index contributed by atoms with van der Waals surface area (Å²) >= 11 is 5.70. The fourth-order valence-corrected chi connectivity index (χ4v) is 3.53. The van der Waals surface area contributed by atoms with Gasteiger partial charge in [-0.05, 0) is 83.6 Å². The number of hydrogen-bond acceptors (Lipinski definition) is 3.